The van der Waals surface area contributed by atoms with E-state index in [-0.39, 0.29) is 0 Å². The van der Waals surface area contributed by atoms with Crippen LogP contribution in [0.5, 0.6) is 0 Å². The smallest absolute Gasteiger partial charge is 0.0613 e. The van der Waals surface area contributed by atoms with Gasteiger partial charge < -0.3 is 0 Å². The second-order valence-electron chi connectivity index (χ2n) is 2.75. The van der Waals surface area contributed by atoms with Crippen molar-refractivity contribution in [3.05, 3.63) is 36.7 Å². The SMILES string of the molecule is SC1C=C(n2cccn2)C=CC1. The van der Waals surface area contributed by atoms with Crippen molar-refractivity contribution in [2.45, 2.75) is 11.7 Å². The molecular formula is C9H10N2S. The number of allylic oxidation sites excluding steroid dienone is 3. The molecule has 12 heavy (non-hydrogen) atoms. The van der Waals surface area contributed by atoms with Crippen LogP contribution in [-0.4, -0.2) is 15.0 Å². The van der Waals surface area contributed by atoms with E-state index in [4.69, 9.17) is 0 Å². The summed E-state index contributed by atoms with van der Waals surface area (Å²) in [4.78, 5) is 0. The van der Waals surface area contributed by atoms with Gasteiger partial charge in [-0.2, -0.15) is 17.7 Å². The molecule has 1 atom stereocenters. The maximum atomic E-state index is 4.38. The molecule has 1 aromatic rings. The van der Waals surface area contributed by atoms with Crippen molar-refractivity contribution in [3.63, 3.8) is 0 Å². The number of hydrogen-bond donors (Lipinski definition) is 1. The number of aromatic nitrogens is 2. The molecule has 0 radical (unpaired) electrons. The Balaban J connectivity index is 2.30. The summed E-state index contributed by atoms with van der Waals surface area (Å²) in [6.45, 7) is 0. The molecule has 3 heteroatoms. The second-order valence-corrected chi connectivity index (χ2v) is 3.41. The van der Waals surface area contributed by atoms with E-state index in [0.29, 0.717) is 5.25 Å². The lowest BCUT2D eigenvalue weighted by molar-refractivity contribution is 0.892. The van der Waals surface area contributed by atoms with Crippen molar-refractivity contribution >= 4 is 18.3 Å². The predicted molar refractivity (Wildman–Crippen MR) is 53.0 cm³/mol. The van der Waals surface area contributed by atoms with Gasteiger partial charge in [0.15, 0.2) is 0 Å². The molecule has 1 unspecified atom stereocenters. The lowest BCUT2D eigenvalue weighted by atomic mass is 10.1. The Hall–Kier alpha value is -0.960. The lowest BCUT2D eigenvalue weighted by Crippen LogP contribution is -2.03. The van der Waals surface area contributed by atoms with Gasteiger partial charge in [0.05, 0.1) is 5.70 Å². The summed E-state index contributed by atoms with van der Waals surface area (Å²) in [6, 6.07) is 1.91. The third kappa shape index (κ3) is 1.46. The Morgan fingerprint density at radius 2 is 2.50 bits per heavy atom. The van der Waals surface area contributed by atoms with Crippen molar-refractivity contribution in [2.75, 3.05) is 0 Å². The summed E-state index contributed by atoms with van der Waals surface area (Å²) in [5.41, 5.74) is 1.10. The Kier molecular flexibility index (Phi) is 2.04. The minimum atomic E-state index is 0.328. The van der Waals surface area contributed by atoms with Crippen molar-refractivity contribution in [2.24, 2.45) is 0 Å². The summed E-state index contributed by atoms with van der Waals surface area (Å²) in [5, 5.41) is 4.47. The van der Waals surface area contributed by atoms with E-state index in [1.807, 2.05) is 16.9 Å². The van der Waals surface area contributed by atoms with E-state index >= 15 is 0 Å². The monoisotopic (exact) mass is 178 g/mol. The van der Waals surface area contributed by atoms with E-state index in [1.54, 1.807) is 6.20 Å². The highest BCUT2D eigenvalue weighted by molar-refractivity contribution is 7.81. The van der Waals surface area contributed by atoms with Crippen molar-refractivity contribution < 1.29 is 0 Å². The number of hydrogen-bond acceptors (Lipinski definition) is 2. The molecule has 1 aromatic heterocycles. The molecule has 0 amide bonds. The largest absolute Gasteiger partial charge is 0.241 e. The van der Waals surface area contributed by atoms with Gasteiger partial charge in [-0.1, -0.05) is 6.08 Å². The fraction of sp³-hybridized carbons (Fsp3) is 0.222. The highest BCUT2D eigenvalue weighted by Crippen LogP contribution is 2.17. The molecule has 1 aliphatic carbocycles. The number of rotatable bonds is 1. The Morgan fingerprint density at radius 1 is 1.58 bits per heavy atom. The van der Waals surface area contributed by atoms with E-state index in [9.17, 15) is 0 Å². The minimum absolute atomic E-state index is 0.328. The summed E-state index contributed by atoms with van der Waals surface area (Å²) in [6.07, 6.45) is 11.0. The summed E-state index contributed by atoms with van der Waals surface area (Å²) in [7, 11) is 0. The molecule has 0 spiro atoms. The summed E-state index contributed by atoms with van der Waals surface area (Å²) in [5.74, 6) is 0. The minimum Gasteiger partial charge on any atom is -0.241 e. The van der Waals surface area contributed by atoms with Crippen LogP contribution in [0.4, 0.5) is 0 Å². The first-order valence-corrected chi connectivity index (χ1v) is 4.44. The maximum Gasteiger partial charge on any atom is 0.0613 e. The lowest BCUT2D eigenvalue weighted by Gasteiger charge is -2.11. The zero-order valence-electron chi connectivity index (χ0n) is 6.59. The van der Waals surface area contributed by atoms with Gasteiger partial charge in [0, 0.05) is 17.6 Å². The Bertz CT molecular complexity index is 311. The fourth-order valence-electron chi connectivity index (χ4n) is 1.22. The van der Waals surface area contributed by atoms with Crippen molar-refractivity contribution in [3.8, 4) is 0 Å². The summed E-state index contributed by atoms with van der Waals surface area (Å²) >= 11 is 4.38. The maximum absolute atomic E-state index is 4.38. The van der Waals surface area contributed by atoms with Crippen LogP contribution in [0.1, 0.15) is 6.42 Å². The fourth-order valence-corrected chi connectivity index (χ4v) is 1.50. The van der Waals surface area contributed by atoms with Gasteiger partial charge >= 0.3 is 0 Å². The molecule has 1 aliphatic rings. The van der Waals surface area contributed by atoms with Crippen LogP contribution in [0.2, 0.25) is 0 Å². The van der Waals surface area contributed by atoms with Crippen LogP contribution in [0.25, 0.3) is 5.70 Å². The van der Waals surface area contributed by atoms with E-state index in [0.717, 1.165) is 12.1 Å². The molecule has 0 aliphatic heterocycles. The zero-order valence-corrected chi connectivity index (χ0v) is 7.48. The van der Waals surface area contributed by atoms with Crippen LogP contribution < -0.4 is 0 Å². The van der Waals surface area contributed by atoms with Crippen molar-refractivity contribution in [1.82, 2.24) is 9.78 Å². The molecule has 2 nitrogen and oxygen atoms in total. The molecule has 0 aromatic carbocycles. The Morgan fingerprint density at radius 3 is 3.17 bits per heavy atom. The van der Waals surface area contributed by atoms with Gasteiger partial charge in [-0.3, -0.25) is 0 Å². The Labute approximate surface area is 77.0 Å². The van der Waals surface area contributed by atoms with E-state index in [2.05, 4.69) is 36.0 Å². The average Bonchev–Trinajstić information content (AvgIpc) is 2.56. The molecule has 0 bridgehead atoms. The van der Waals surface area contributed by atoms with Gasteiger partial charge in [0.25, 0.3) is 0 Å². The first kappa shape index (κ1) is 7.68. The second kappa shape index (κ2) is 3.19. The molecule has 1 heterocycles. The topological polar surface area (TPSA) is 17.8 Å². The third-order valence-corrected chi connectivity index (χ3v) is 2.16. The first-order valence-electron chi connectivity index (χ1n) is 3.93. The molecule has 0 N–H and O–H groups in total. The van der Waals surface area contributed by atoms with E-state index < -0.39 is 0 Å². The predicted octanol–water partition coefficient (Wildman–Crippen LogP) is 1.98. The van der Waals surface area contributed by atoms with Crippen LogP contribution in [0, 0.1) is 0 Å². The number of nitrogens with zero attached hydrogens (tertiary/aromatic N) is 2. The van der Waals surface area contributed by atoms with Crippen LogP contribution >= 0.6 is 12.6 Å². The summed E-state index contributed by atoms with van der Waals surface area (Å²) < 4.78 is 1.85. The molecule has 2 rings (SSSR count). The van der Waals surface area contributed by atoms with Gasteiger partial charge in [-0.25, -0.2) is 4.68 Å². The average molecular weight is 178 g/mol. The van der Waals surface area contributed by atoms with Crippen molar-refractivity contribution in [1.29, 1.82) is 0 Å². The zero-order chi connectivity index (χ0) is 8.39. The van der Waals surface area contributed by atoms with Gasteiger partial charge in [-0.15, -0.1) is 0 Å². The van der Waals surface area contributed by atoms with Gasteiger partial charge in [-0.05, 0) is 24.6 Å². The molecule has 62 valence electrons. The van der Waals surface area contributed by atoms with Gasteiger partial charge in [0.2, 0.25) is 0 Å². The highest BCUT2D eigenvalue weighted by atomic mass is 32.1. The van der Waals surface area contributed by atoms with Crippen LogP contribution in [0.3, 0.4) is 0 Å². The molecule has 0 saturated carbocycles. The third-order valence-electron chi connectivity index (χ3n) is 1.80. The highest BCUT2D eigenvalue weighted by Gasteiger charge is 2.05. The van der Waals surface area contributed by atoms with Crippen LogP contribution in [0.15, 0.2) is 36.7 Å². The molecule has 0 fully saturated rings. The van der Waals surface area contributed by atoms with Gasteiger partial charge in [0.1, 0.15) is 0 Å². The normalized spacial score (nSPS) is 22.4. The molecule has 0 saturated heterocycles. The molecular weight excluding hydrogens is 168 g/mol. The first-order chi connectivity index (χ1) is 5.86. The van der Waals surface area contributed by atoms with Crippen LogP contribution in [-0.2, 0) is 0 Å². The van der Waals surface area contributed by atoms with E-state index in [1.165, 1.54) is 0 Å². The quantitative estimate of drug-likeness (QED) is 0.651. The standard InChI is InChI=1S/C9H10N2S/c12-9-4-1-3-8(7-9)11-6-2-5-10-11/h1-3,5-7,9,12H,4H2. The number of thiol groups is 1.